The summed E-state index contributed by atoms with van der Waals surface area (Å²) < 4.78 is 0. The van der Waals surface area contributed by atoms with Gasteiger partial charge >= 0.3 is 0 Å². The Morgan fingerprint density at radius 1 is 1.12 bits per heavy atom. The van der Waals surface area contributed by atoms with Gasteiger partial charge in [-0.1, -0.05) is 74.5 Å². The van der Waals surface area contributed by atoms with Gasteiger partial charge in [-0.15, -0.1) is 0 Å². The number of nitrogens with one attached hydrogen (secondary N) is 1. The molecule has 0 fully saturated rings. The van der Waals surface area contributed by atoms with E-state index in [-0.39, 0.29) is 0 Å². The molecule has 0 saturated carbocycles. The Kier molecular flexibility index (Phi) is 5.55. The van der Waals surface area contributed by atoms with Crippen LogP contribution in [0, 0.1) is 0 Å². The quantitative estimate of drug-likeness (QED) is 0.620. The van der Waals surface area contributed by atoms with Crippen molar-refractivity contribution < 1.29 is 0 Å². The second kappa shape index (κ2) is 8.02. The minimum Gasteiger partial charge on any atom is -0.388 e. The molecule has 1 nitrogen and oxygen atoms in total. The van der Waals surface area contributed by atoms with Gasteiger partial charge in [0.1, 0.15) is 0 Å². The lowest BCUT2D eigenvalue weighted by molar-refractivity contribution is 0.933. The molecule has 25 heavy (non-hydrogen) atoms. The molecule has 2 aromatic rings. The lowest BCUT2D eigenvalue weighted by Crippen LogP contribution is -2.00. The fourth-order valence-electron chi connectivity index (χ4n) is 3.51. The van der Waals surface area contributed by atoms with Gasteiger partial charge in [-0.3, -0.25) is 0 Å². The molecule has 128 valence electrons. The third-order valence-electron chi connectivity index (χ3n) is 4.93. The predicted octanol–water partition coefficient (Wildman–Crippen LogP) is 6.72. The van der Waals surface area contributed by atoms with Gasteiger partial charge in [0.05, 0.1) is 0 Å². The molecule has 1 unspecified atom stereocenters. The normalized spacial score (nSPS) is 15.2. The number of hydrogen-bond donors (Lipinski definition) is 1. The Morgan fingerprint density at radius 2 is 1.92 bits per heavy atom. The van der Waals surface area contributed by atoms with Crippen LogP contribution in [0.5, 0.6) is 0 Å². The Morgan fingerprint density at radius 3 is 2.56 bits per heavy atom. The molecule has 0 heterocycles. The standard InChI is InChI=1S/C24H27N/c1-4-19(20-12-8-9-13-20)16-18(2)23-17-22(14-15-24(23)25-3)21-10-6-5-7-11-21/h5-12,14-18,25H,4,13H2,1-3H3/b19-16+. The van der Waals surface area contributed by atoms with Gasteiger partial charge in [-0.25, -0.2) is 0 Å². The van der Waals surface area contributed by atoms with Crippen molar-refractivity contribution in [1.82, 2.24) is 0 Å². The molecular formula is C24H27N. The fourth-order valence-corrected chi connectivity index (χ4v) is 3.51. The maximum atomic E-state index is 3.36. The number of rotatable bonds is 6. The first-order chi connectivity index (χ1) is 12.2. The number of benzene rings is 2. The van der Waals surface area contributed by atoms with Crippen LogP contribution < -0.4 is 5.32 Å². The van der Waals surface area contributed by atoms with Crippen LogP contribution >= 0.6 is 0 Å². The van der Waals surface area contributed by atoms with E-state index < -0.39 is 0 Å². The van der Waals surface area contributed by atoms with Crippen molar-refractivity contribution in [3.8, 4) is 11.1 Å². The number of hydrogen-bond acceptors (Lipinski definition) is 1. The van der Waals surface area contributed by atoms with Crippen LogP contribution in [-0.4, -0.2) is 7.05 Å². The van der Waals surface area contributed by atoms with E-state index in [1.807, 2.05) is 7.05 Å². The monoisotopic (exact) mass is 329 g/mol. The molecule has 3 rings (SSSR count). The van der Waals surface area contributed by atoms with Gasteiger partial charge in [0.25, 0.3) is 0 Å². The summed E-state index contributed by atoms with van der Waals surface area (Å²) in [5.74, 6) is 0.363. The van der Waals surface area contributed by atoms with Gasteiger partial charge < -0.3 is 5.32 Å². The molecule has 0 bridgehead atoms. The van der Waals surface area contributed by atoms with E-state index in [2.05, 4.69) is 92.0 Å². The van der Waals surface area contributed by atoms with Crippen molar-refractivity contribution in [2.24, 2.45) is 0 Å². The van der Waals surface area contributed by atoms with E-state index >= 15 is 0 Å². The van der Waals surface area contributed by atoms with E-state index in [1.54, 1.807) is 0 Å². The highest BCUT2D eigenvalue weighted by molar-refractivity contribution is 5.69. The maximum Gasteiger partial charge on any atom is 0.0376 e. The van der Waals surface area contributed by atoms with Gasteiger partial charge in [0, 0.05) is 18.7 Å². The van der Waals surface area contributed by atoms with E-state index in [4.69, 9.17) is 0 Å². The molecule has 0 aliphatic heterocycles. The molecule has 2 aromatic carbocycles. The number of allylic oxidation sites excluding steroid dienone is 6. The maximum absolute atomic E-state index is 3.36. The Bertz CT molecular complexity index is 809. The highest BCUT2D eigenvalue weighted by Gasteiger charge is 2.13. The summed E-state index contributed by atoms with van der Waals surface area (Å²) in [4.78, 5) is 0. The molecule has 0 spiro atoms. The van der Waals surface area contributed by atoms with Crippen LogP contribution in [0.15, 0.2) is 84.0 Å². The van der Waals surface area contributed by atoms with Crippen molar-refractivity contribution in [3.05, 3.63) is 89.5 Å². The second-order valence-electron chi connectivity index (χ2n) is 6.58. The largest absolute Gasteiger partial charge is 0.388 e. The minimum atomic E-state index is 0.363. The van der Waals surface area contributed by atoms with Gasteiger partial charge in [-0.2, -0.15) is 0 Å². The summed E-state index contributed by atoms with van der Waals surface area (Å²) in [5, 5.41) is 3.36. The fraction of sp³-hybridized carbons (Fsp3) is 0.250. The van der Waals surface area contributed by atoms with Crippen LogP contribution in [0.25, 0.3) is 11.1 Å². The first kappa shape index (κ1) is 17.3. The minimum absolute atomic E-state index is 0.363. The van der Waals surface area contributed by atoms with E-state index in [9.17, 15) is 0 Å². The predicted molar refractivity (Wildman–Crippen MR) is 110 cm³/mol. The SMILES string of the molecule is CC/C(=C\C(C)c1cc(-c2ccccc2)ccc1NC)C1=CC=CC1. The lowest BCUT2D eigenvalue weighted by atomic mass is 9.90. The van der Waals surface area contributed by atoms with Gasteiger partial charge in [0.2, 0.25) is 0 Å². The molecule has 0 amide bonds. The van der Waals surface area contributed by atoms with Gasteiger partial charge in [0.15, 0.2) is 0 Å². The van der Waals surface area contributed by atoms with Crippen LogP contribution in [0.3, 0.4) is 0 Å². The molecule has 1 heteroatoms. The zero-order valence-electron chi connectivity index (χ0n) is 15.4. The Balaban J connectivity index is 1.96. The molecule has 1 aliphatic rings. The summed E-state index contributed by atoms with van der Waals surface area (Å²) in [6, 6.07) is 17.3. The molecule has 0 saturated heterocycles. The van der Waals surface area contributed by atoms with Crippen LogP contribution in [0.2, 0.25) is 0 Å². The number of anilines is 1. The van der Waals surface area contributed by atoms with E-state index in [0.29, 0.717) is 5.92 Å². The molecule has 0 aromatic heterocycles. The molecule has 0 radical (unpaired) electrons. The molecule has 1 aliphatic carbocycles. The first-order valence-corrected chi connectivity index (χ1v) is 9.16. The summed E-state index contributed by atoms with van der Waals surface area (Å²) in [7, 11) is 2.00. The molecule has 1 N–H and O–H groups in total. The summed E-state index contributed by atoms with van der Waals surface area (Å²) >= 11 is 0. The molecular weight excluding hydrogens is 302 g/mol. The zero-order valence-corrected chi connectivity index (χ0v) is 15.4. The average Bonchev–Trinajstić information content (AvgIpc) is 3.20. The smallest absolute Gasteiger partial charge is 0.0376 e. The zero-order chi connectivity index (χ0) is 17.6. The highest BCUT2D eigenvalue weighted by Crippen LogP contribution is 2.33. The molecule has 1 atom stereocenters. The van der Waals surface area contributed by atoms with Crippen molar-refractivity contribution in [2.45, 2.75) is 32.6 Å². The van der Waals surface area contributed by atoms with Crippen molar-refractivity contribution in [1.29, 1.82) is 0 Å². The van der Waals surface area contributed by atoms with E-state index in [1.165, 1.54) is 33.5 Å². The topological polar surface area (TPSA) is 12.0 Å². The summed E-state index contributed by atoms with van der Waals surface area (Å²) in [6.45, 7) is 4.54. The lowest BCUT2D eigenvalue weighted by Gasteiger charge is -2.17. The Hall–Kier alpha value is -2.54. The van der Waals surface area contributed by atoms with Crippen LogP contribution in [0.4, 0.5) is 5.69 Å². The second-order valence-corrected chi connectivity index (χ2v) is 6.58. The third kappa shape index (κ3) is 3.93. The Labute approximate surface area is 151 Å². The average molecular weight is 329 g/mol. The van der Waals surface area contributed by atoms with Crippen LogP contribution in [-0.2, 0) is 0 Å². The van der Waals surface area contributed by atoms with Crippen molar-refractivity contribution in [3.63, 3.8) is 0 Å². The van der Waals surface area contributed by atoms with E-state index in [0.717, 1.165) is 12.8 Å². The summed E-state index contributed by atoms with van der Waals surface area (Å²) in [6.07, 6.45) is 11.2. The van der Waals surface area contributed by atoms with Crippen molar-refractivity contribution >= 4 is 5.69 Å². The van der Waals surface area contributed by atoms with Crippen LogP contribution in [0.1, 0.15) is 38.2 Å². The van der Waals surface area contributed by atoms with Gasteiger partial charge in [-0.05, 0) is 52.8 Å². The van der Waals surface area contributed by atoms with Crippen molar-refractivity contribution in [2.75, 3.05) is 12.4 Å². The summed E-state index contributed by atoms with van der Waals surface area (Å²) in [5.41, 5.74) is 8.01. The first-order valence-electron chi connectivity index (χ1n) is 9.16. The third-order valence-corrected chi connectivity index (χ3v) is 4.93. The highest BCUT2D eigenvalue weighted by atomic mass is 14.8.